The Kier molecular flexibility index (Phi) is 4.89. The summed E-state index contributed by atoms with van der Waals surface area (Å²) in [4.78, 5) is 1.21. The number of rotatable bonds is 4. The molecular formula is C19H17ClN2S. The summed E-state index contributed by atoms with van der Waals surface area (Å²) in [5.74, 6) is 0. The van der Waals surface area contributed by atoms with Gasteiger partial charge in [0.2, 0.25) is 0 Å². The first kappa shape index (κ1) is 15.9. The topological polar surface area (TPSA) is 15.6 Å². The van der Waals surface area contributed by atoms with E-state index >= 15 is 0 Å². The van der Waals surface area contributed by atoms with Crippen LogP contribution in [0.15, 0.2) is 77.3 Å². The highest BCUT2D eigenvalue weighted by molar-refractivity contribution is 8.17. The molecule has 0 N–H and O–H groups in total. The van der Waals surface area contributed by atoms with Gasteiger partial charge in [-0.25, -0.2) is 0 Å². The summed E-state index contributed by atoms with van der Waals surface area (Å²) < 4.78 is 0. The van der Waals surface area contributed by atoms with E-state index in [0.29, 0.717) is 6.54 Å². The molecule has 2 aromatic rings. The third-order valence-electron chi connectivity index (χ3n) is 3.49. The molecule has 0 aromatic heterocycles. The second-order valence-corrected chi connectivity index (χ2v) is 6.80. The van der Waals surface area contributed by atoms with Crippen molar-refractivity contribution in [1.29, 1.82) is 0 Å². The van der Waals surface area contributed by atoms with Gasteiger partial charge in [-0.1, -0.05) is 71.9 Å². The average Bonchev–Trinajstić information content (AvgIpc) is 2.57. The Hall–Kier alpha value is -1.97. The Morgan fingerprint density at radius 1 is 1.09 bits per heavy atom. The highest BCUT2D eigenvalue weighted by atomic mass is 35.5. The van der Waals surface area contributed by atoms with Crippen LogP contribution in [0.1, 0.15) is 18.1 Å². The van der Waals surface area contributed by atoms with E-state index in [2.05, 4.69) is 25.6 Å². The van der Waals surface area contributed by atoms with Crippen LogP contribution in [-0.2, 0) is 0 Å². The number of benzene rings is 2. The fourth-order valence-corrected chi connectivity index (χ4v) is 3.60. The van der Waals surface area contributed by atoms with Crippen LogP contribution in [-0.4, -0.2) is 16.6 Å². The molecule has 0 atom stereocenters. The quantitative estimate of drug-likeness (QED) is 0.671. The first-order chi connectivity index (χ1) is 11.2. The Labute approximate surface area is 146 Å². The Morgan fingerprint density at radius 2 is 1.78 bits per heavy atom. The van der Waals surface area contributed by atoms with Crippen molar-refractivity contribution in [2.24, 2.45) is 5.10 Å². The van der Waals surface area contributed by atoms with Crippen LogP contribution in [0.4, 0.5) is 0 Å². The number of halogens is 1. The van der Waals surface area contributed by atoms with Gasteiger partial charge < -0.3 is 0 Å². The summed E-state index contributed by atoms with van der Waals surface area (Å²) in [6.45, 7) is 6.64. The van der Waals surface area contributed by atoms with Crippen molar-refractivity contribution in [3.63, 3.8) is 0 Å². The zero-order valence-electron chi connectivity index (χ0n) is 12.9. The van der Waals surface area contributed by atoms with E-state index in [4.69, 9.17) is 16.7 Å². The van der Waals surface area contributed by atoms with Gasteiger partial charge in [0.05, 0.1) is 12.2 Å². The zero-order valence-corrected chi connectivity index (χ0v) is 14.4. The highest BCUT2D eigenvalue weighted by Crippen LogP contribution is 2.37. The Morgan fingerprint density at radius 3 is 2.43 bits per heavy atom. The van der Waals surface area contributed by atoms with E-state index in [-0.39, 0.29) is 0 Å². The maximum Gasteiger partial charge on any atom is 0.128 e. The molecule has 0 unspecified atom stereocenters. The fourth-order valence-electron chi connectivity index (χ4n) is 2.47. The molecule has 1 heterocycles. The minimum atomic E-state index is 0.659. The molecule has 1 aliphatic rings. The van der Waals surface area contributed by atoms with Crippen molar-refractivity contribution in [2.45, 2.75) is 6.92 Å². The molecule has 0 amide bonds. The second-order valence-electron chi connectivity index (χ2n) is 5.16. The number of hydrogen-bond donors (Lipinski definition) is 0. The van der Waals surface area contributed by atoms with Crippen LogP contribution in [0.25, 0.3) is 5.70 Å². The standard InChI is InChI=1S/C19H17ClN2S/c1-3-13-22-18(15-9-11-17(20)12-10-15)14(2)23-19(21-22)16-7-5-4-6-8-16/h3-12H,1,13H2,2H3. The van der Waals surface area contributed by atoms with Gasteiger partial charge in [-0.3, -0.25) is 5.01 Å². The van der Waals surface area contributed by atoms with E-state index in [1.54, 1.807) is 11.8 Å². The van der Waals surface area contributed by atoms with E-state index < -0.39 is 0 Å². The molecule has 23 heavy (non-hydrogen) atoms. The van der Waals surface area contributed by atoms with Crippen molar-refractivity contribution in [1.82, 2.24) is 5.01 Å². The first-order valence-corrected chi connectivity index (χ1v) is 8.55. The number of hydrazone groups is 1. The summed E-state index contributed by atoms with van der Waals surface area (Å²) in [5.41, 5.74) is 3.34. The highest BCUT2D eigenvalue weighted by Gasteiger charge is 2.22. The maximum atomic E-state index is 6.01. The van der Waals surface area contributed by atoms with Crippen LogP contribution in [0.5, 0.6) is 0 Å². The molecule has 2 aromatic carbocycles. The molecule has 2 nitrogen and oxygen atoms in total. The predicted octanol–water partition coefficient (Wildman–Crippen LogP) is 5.63. The smallest absolute Gasteiger partial charge is 0.128 e. The lowest BCUT2D eigenvalue weighted by molar-refractivity contribution is 0.468. The lowest BCUT2D eigenvalue weighted by Gasteiger charge is -2.28. The predicted molar refractivity (Wildman–Crippen MR) is 102 cm³/mol. The lowest BCUT2D eigenvalue weighted by atomic mass is 10.1. The van der Waals surface area contributed by atoms with Crippen LogP contribution in [0, 0.1) is 0 Å². The summed E-state index contributed by atoms with van der Waals surface area (Å²) in [6, 6.07) is 18.1. The minimum Gasteiger partial charge on any atom is -0.259 e. The Balaban J connectivity index is 2.00. The molecule has 0 radical (unpaired) electrons. The monoisotopic (exact) mass is 340 g/mol. The van der Waals surface area contributed by atoms with Gasteiger partial charge in [-0.05, 0) is 19.1 Å². The third kappa shape index (κ3) is 3.52. The maximum absolute atomic E-state index is 6.01. The van der Waals surface area contributed by atoms with Gasteiger partial charge in [-0.2, -0.15) is 5.10 Å². The van der Waals surface area contributed by atoms with Gasteiger partial charge in [0, 0.05) is 21.1 Å². The SMILES string of the molecule is C=CCN1N=C(c2ccccc2)SC(C)=C1c1ccc(Cl)cc1. The van der Waals surface area contributed by atoms with Gasteiger partial charge in [0.25, 0.3) is 0 Å². The van der Waals surface area contributed by atoms with E-state index in [0.717, 1.165) is 26.9 Å². The van der Waals surface area contributed by atoms with Crippen molar-refractivity contribution in [3.8, 4) is 0 Å². The van der Waals surface area contributed by atoms with E-state index in [1.165, 1.54) is 4.91 Å². The van der Waals surface area contributed by atoms with Gasteiger partial charge in [0.1, 0.15) is 5.04 Å². The molecule has 0 bridgehead atoms. The summed E-state index contributed by atoms with van der Waals surface area (Å²) in [6.07, 6.45) is 1.87. The van der Waals surface area contributed by atoms with Crippen LogP contribution >= 0.6 is 23.4 Å². The number of hydrogen-bond acceptors (Lipinski definition) is 3. The van der Waals surface area contributed by atoms with Crippen LogP contribution in [0.3, 0.4) is 0 Å². The fraction of sp³-hybridized carbons (Fsp3) is 0.105. The molecule has 4 heteroatoms. The molecule has 1 aliphatic heterocycles. The van der Waals surface area contributed by atoms with Gasteiger partial charge in [-0.15, -0.1) is 6.58 Å². The van der Waals surface area contributed by atoms with Crippen molar-refractivity contribution in [3.05, 3.63) is 88.3 Å². The Bertz CT molecular complexity index is 764. The lowest BCUT2D eigenvalue weighted by Crippen LogP contribution is -2.22. The molecule has 3 rings (SSSR count). The van der Waals surface area contributed by atoms with E-state index in [9.17, 15) is 0 Å². The van der Waals surface area contributed by atoms with Crippen molar-refractivity contribution in [2.75, 3.05) is 6.54 Å². The number of nitrogens with zero attached hydrogens (tertiary/aromatic N) is 2. The minimum absolute atomic E-state index is 0.659. The third-order valence-corrected chi connectivity index (χ3v) is 4.76. The second kappa shape index (κ2) is 7.07. The zero-order chi connectivity index (χ0) is 16.2. The number of allylic oxidation sites excluding steroid dienone is 1. The summed E-state index contributed by atoms with van der Waals surface area (Å²) in [5, 5.41) is 8.57. The van der Waals surface area contributed by atoms with Crippen molar-refractivity contribution >= 4 is 34.1 Å². The molecule has 0 saturated carbocycles. The summed E-state index contributed by atoms with van der Waals surface area (Å²) in [7, 11) is 0. The first-order valence-electron chi connectivity index (χ1n) is 7.36. The van der Waals surface area contributed by atoms with E-state index in [1.807, 2.05) is 53.5 Å². The molecule has 0 spiro atoms. The van der Waals surface area contributed by atoms with Gasteiger partial charge >= 0.3 is 0 Å². The van der Waals surface area contributed by atoms with Crippen molar-refractivity contribution < 1.29 is 0 Å². The summed E-state index contributed by atoms with van der Waals surface area (Å²) >= 11 is 7.71. The van der Waals surface area contributed by atoms with Crippen LogP contribution in [0.2, 0.25) is 5.02 Å². The molecule has 0 saturated heterocycles. The molecule has 116 valence electrons. The average molecular weight is 341 g/mol. The normalized spacial score (nSPS) is 14.7. The molecular weight excluding hydrogens is 324 g/mol. The largest absolute Gasteiger partial charge is 0.259 e. The molecule has 0 fully saturated rings. The number of thioether (sulfide) groups is 1. The van der Waals surface area contributed by atoms with Gasteiger partial charge in [0.15, 0.2) is 0 Å². The van der Waals surface area contributed by atoms with Crippen LogP contribution < -0.4 is 0 Å². The molecule has 0 aliphatic carbocycles.